The van der Waals surface area contributed by atoms with Gasteiger partial charge in [0.05, 0.1) is 11.3 Å². The number of hydrogen-bond donors (Lipinski definition) is 3. The largest absolute Gasteiger partial charge is 0.481 e. The van der Waals surface area contributed by atoms with Crippen molar-refractivity contribution in [3.8, 4) is 0 Å². The third-order valence-corrected chi connectivity index (χ3v) is 2.00. The fourth-order valence-corrected chi connectivity index (χ4v) is 1.16. The second-order valence-corrected chi connectivity index (χ2v) is 3.34. The number of carbonyl (C=O) groups excluding carboxylic acids is 1. The number of carboxylic acid groups (broad SMARTS) is 1. The van der Waals surface area contributed by atoms with E-state index in [2.05, 4.69) is 10.9 Å². The molecule has 18 heavy (non-hydrogen) atoms. The van der Waals surface area contributed by atoms with Crippen LogP contribution >= 0.6 is 0 Å². The Balaban J connectivity index is 2.56. The van der Waals surface area contributed by atoms with Gasteiger partial charge in [0.1, 0.15) is 5.69 Å². The average Bonchev–Trinajstić information content (AvgIpc) is 2.34. The van der Waals surface area contributed by atoms with Crippen LogP contribution in [0.5, 0.6) is 0 Å². The summed E-state index contributed by atoms with van der Waals surface area (Å²) in [6.07, 6.45) is -0.507. The Morgan fingerprint density at radius 2 is 1.94 bits per heavy atom. The van der Waals surface area contributed by atoms with E-state index in [-0.39, 0.29) is 24.2 Å². The zero-order chi connectivity index (χ0) is 13.5. The van der Waals surface area contributed by atoms with Crippen molar-refractivity contribution in [1.29, 1.82) is 0 Å². The number of rotatable bonds is 6. The van der Waals surface area contributed by atoms with Gasteiger partial charge in [-0.3, -0.25) is 30.6 Å². The van der Waals surface area contributed by atoms with E-state index in [0.29, 0.717) is 0 Å². The van der Waals surface area contributed by atoms with E-state index in [9.17, 15) is 19.7 Å². The topological polar surface area (TPSA) is 122 Å². The fraction of sp³-hybridized carbons (Fsp3) is 0.200. The lowest BCUT2D eigenvalue weighted by molar-refractivity contribution is -0.384. The molecule has 0 aliphatic carbocycles. The SMILES string of the molecule is O=C(O)CCC(=O)NNc1ccccc1[N+](=O)[O-]. The number of nitrogens with zero attached hydrogens (tertiary/aromatic N) is 1. The molecule has 0 spiro atoms. The van der Waals surface area contributed by atoms with Gasteiger partial charge in [-0.2, -0.15) is 0 Å². The van der Waals surface area contributed by atoms with Crippen LogP contribution in [0, 0.1) is 10.1 Å². The maximum absolute atomic E-state index is 11.2. The van der Waals surface area contributed by atoms with Gasteiger partial charge in [0, 0.05) is 12.5 Å². The number of carboxylic acids is 1. The number of carbonyl (C=O) groups is 2. The molecule has 96 valence electrons. The van der Waals surface area contributed by atoms with Gasteiger partial charge < -0.3 is 5.11 Å². The molecule has 0 unspecified atom stereocenters. The number of anilines is 1. The maximum Gasteiger partial charge on any atom is 0.303 e. The van der Waals surface area contributed by atoms with Crippen molar-refractivity contribution in [1.82, 2.24) is 5.43 Å². The fourth-order valence-electron chi connectivity index (χ4n) is 1.16. The van der Waals surface area contributed by atoms with Crippen molar-refractivity contribution in [2.45, 2.75) is 12.8 Å². The predicted molar refractivity (Wildman–Crippen MR) is 61.7 cm³/mol. The Morgan fingerprint density at radius 1 is 1.28 bits per heavy atom. The summed E-state index contributed by atoms with van der Waals surface area (Å²) in [6.45, 7) is 0. The first-order valence-electron chi connectivity index (χ1n) is 5.01. The lowest BCUT2D eigenvalue weighted by atomic mass is 10.3. The van der Waals surface area contributed by atoms with Crippen molar-refractivity contribution in [3.05, 3.63) is 34.4 Å². The summed E-state index contributed by atoms with van der Waals surface area (Å²) in [7, 11) is 0. The van der Waals surface area contributed by atoms with Crippen LogP contribution in [0.25, 0.3) is 0 Å². The van der Waals surface area contributed by atoms with Crippen LogP contribution in [-0.2, 0) is 9.59 Å². The molecule has 0 aromatic heterocycles. The molecule has 0 atom stereocenters. The van der Waals surface area contributed by atoms with Crippen LogP contribution < -0.4 is 10.9 Å². The number of benzene rings is 1. The highest BCUT2D eigenvalue weighted by molar-refractivity contribution is 5.82. The third kappa shape index (κ3) is 4.08. The molecule has 1 rings (SSSR count). The van der Waals surface area contributed by atoms with Crippen LogP contribution in [0.15, 0.2) is 24.3 Å². The molecular weight excluding hydrogens is 242 g/mol. The van der Waals surface area contributed by atoms with Gasteiger partial charge >= 0.3 is 5.97 Å². The van der Waals surface area contributed by atoms with E-state index < -0.39 is 16.8 Å². The minimum absolute atomic E-state index is 0.131. The molecular formula is C10H11N3O5. The molecule has 0 saturated heterocycles. The molecule has 1 aromatic rings. The molecule has 0 heterocycles. The zero-order valence-corrected chi connectivity index (χ0v) is 9.25. The Labute approximate surface area is 102 Å². The predicted octanol–water partition coefficient (Wildman–Crippen LogP) is 0.903. The molecule has 0 aliphatic rings. The van der Waals surface area contributed by atoms with Crippen molar-refractivity contribution in [3.63, 3.8) is 0 Å². The summed E-state index contributed by atoms with van der Waals surface area (Å²) in [5.41, 5.74) is 4.52. The van der Waals surface area contributed by atoms with Gasteiger partial charge in [0.2, 0.25) is 5.91 Å². The van der Waals surface area contributed by atoms with E-state index in [4.69, 9.17) is 5.11 Å². The average molecular weight is 253 g/mol. The first-order chi connectivity index (χ1) is 8.50. The highest BCUT2D eigenvalue weighted by Gasteiger charge is 2.12. The van der Waals surface area contributed by atoms with Crippen molar-refractivity contribution in [2.24, 2.45) is 0 Å². The van der Waals surface area contributed by atoms with Crippen LogP contribution in [0.1, 0.15) is 12.8 Å². The molecule has 1 aromatic carbocycles. The van der Waals surface area contributed by atoms with Gasteiger partial charge in [-0.15, -0.1) is 0 Å². The Kier molecular flexibility index (Phi) is 4.61. The van der Waals surface area contributed by atoms with Crippen molar-refractivity contribution >= 4 is 23.3 Å². The first kappa shape index (κ1) is 13.4. The summed E-state index contributed by atoms with van der Waals surface area (Å²) in [4.78, 5) is 31.5. The van der Waals surface area contributed by atoms with Gasteiger partial charge in [-0.1, -0.05) is 12.1 Å². The molecule has 0 radical (unpaired) electrons. The van der Waals surface area contributed by atoms with Crippen LogP contribution in [0.4, 0.5) is 11.4 Å². The van der Waals surface area contributed by atoms with E-state index in [0.717, 1.165) is 0 Å². The lowest BCUT2D eigenvalue weighted by Gasteiger charge is -2.07. The summed E-state index contributed by atoms with van der Waals surface area (Å²) >= 11 is 0. The summed E-state index contributed by atoms with van der Waals surface area (Å²) in [5.74, 6) is -1.65. The highest BCUT2D eigenvalue weighted by Crippen LogP contribution is 2.22. The summed E-state index contributed by atoms with van der Waals surface area (Å²) < 4.78 is 0. The molecule has 8 heteroatoms. The highest BCUT2D eigenvalue weighted by atomic mass is 16.6. The second kappa shape index (κ2) is 6.18. The number of amides is 1. The molecule has 8 nitrogen and oxygen atoms in total. The summed E-state index contributed by atoms with van der Waals surface area (Å²) in [6, 6.07) is 5.77. The summed E-state index contributed by atoms with van der Waals surface area (Å²) in [5, 5.41) is 19.0. The standard InChI is InChI=1S/C10H11N3O5/c14-9(5-6-10(15)16)12-11-7-3-1-2-4-8(7)13(17)18/h1-4,11H,5-6H2,(H,12,14)(H,15,16). The normalized spacial score (nSPS) is 9.56. The van der Waals surface area contributed by atoms with Gasteiger partial charge in [0.25, 0.3) is 5.69 Å². The quantitative estimate of drug-likeness (QED) is 0.511. The van der Waals surface area contributed by atoms with Crippen molar-refractivity contribution in [2.75, 3.05) is 5.43 Å². The zero-order valence-electron chi connectivity index (χ0n) is 9.25. The van der Waals surface area contributed by atoms with Crippen LogP contribution in [0.2, 0.25) is 0 Å². The van der Waals surface area contributed by atoms with E-state index in [1.165, 1.54) is 18.2 Å². The number of nitro groups is 1. The van der Waals surface area contributed by atoms with E-state index in [1.54, 1.807) is 6.07 Å². The Bertz CT molecular complexity index is 474. The maximum atomic E-state index is 11.2. The van der Waals surface area contributed by atoms with Gasteiger partial charge in [-0.25, -0.2) is 0 Å². The minimum atomic E-state index is -1.09. The second-order valence-electron chi connectivity index (χ2n) is 3.34. The first-order valence-corrected chi connectivity index (χ1v) is 5.01. The number of nitrogens with one attached hydrogen (secondary N) is 2. The number of nitro benzene ring substituents is 1. The van der Waals surface area contributed by atoms with Crippen LogP contribution in [-0.4, -0.2) is 21.9 Å². The third-order valence-electron chi connectivity index (χ3n) is 2.00. The molecule has 1 amide bonds. The molecule has 0 bridgehead atoms. The monoisotopic (exact) mass is 253 g/mol. The smallest absolute Gasteiger partial charge is 0.303 e. The number of hydrogen-bond acceptors (Lipinski definition) is 5. The molecule has 0 aliphatic heterocycles. The van der Waals surface area contributed by atoms with Gasteiger partial charge in [-0.05, 0) is 6.07 Å². The lowest BCUT2D eigenvalue weighted by Crippen LogP contribution is -2.29. The Hall–Kier alpha value is -2.64. The minimum Gasteiger partial charge on any atom is -0.481 e. The molecule has 0 fully saturated rings. The number of aliphatic carboxylic acids is 1. The van der Waals surface area contributed by atoms with E-state index >= 15 is 0 Å². The van der Waals surface area contributed by atoms with Crippen molar-refractivity contribution < 1.29 is 19.6 Å². The molecule has 3 N–H and O–H groups in total. The van der Waals surface area contributed by atoms with Gasteiger partial charge in [0.15, 0.2) is 0 Å². The number of hydrazine groups is 1. The van der Waals surface area contributed by atoms with Crippen LogP contribution in [0.3, 0.4) is 0 Å². The Morgan fingerprint density at radius 3 is 2.56 bits per heavy atom. The molecule has 0 saturated carbocycles. The van der Waals surface area contributed by atoms with E-state index in [1.807, 2.05) is 0 Å². The number of para-hydroxylation sites is 2.